The monoisotopic (exact) mass is 202 g/mol. The van der Waals surface area contributed by atoms with Gasteiger partial charge in [0, 0.05) is 6.20 Å². The van der Waals surface area contributed by atoms with Crippen LogP contribution in [0.2, 0.25) is 0 Å². The average Bonchev–Trinajstić information content (AvgIpc) is 2.68. The number of anilines is 1. The van der Waals surface area contributed by atoms with Crippen LogP contribution in [0.25, 0.3) is 5.82 Å². The second kappa shape index (κ2) is 3.73. The Morgan fingerprint density at radius 3 is 2.60 bits per heavy atom. The van der Waals surface area contributed by atoms with Gasteiger partial charge < -0.3 is 5.73 Å². The van der Waals surface area contributed by atoms with Crippen LogP contribution in [0.1, 0.15) is 25.5 Å². The van der Waals surface area contributed by atoms with Gasteiger partial charge in [-0.25, -0.2) is 9.97 Å². The third kappa shape index (κ3) is 1.98. The first-order chi connectivity index (χ1) is 7.16. The lowest BCUT2D eigenvalue weighted by molar-refractivity contribution is 0.831. The summed E-state index contributed by atoms with van der Waals surface area (Å²) in [5.74, 6) is 1.27. The molecule has 0 saturated heterocycles. The molecule has 4 heteroatoms. The standard InChI is InChI=1S/C11H14N4/c1-8(2)10-6-15(7-14-10)11-4-3-9(12)5-13-11/h3-8H,12H2,1-2H3. The predicted octanol–water partition coefficient (Wildman–Crippen LogP) is 1.97. The van der Waals surface area contributed by atoms with Gasteiger partial charge in [-0.2, -0.15) is 0 Å². The van der Waals surface area contributed by atoms with Crippen LogP contribution in [0.15, 0.2) is 30.9 Å². The van der Waals surface area contributed by atoms with Crippen molar-refractivity contribution < 1.29 is 0 Å². The summed E-state index contributed by atoms with van der Waals surface area (Å²) in [5.41, 5.74) is 7.30. The summed E-state index contributed by atoms with van der Waals surface area (Å²) in [5, 5.41) is 0. The average molecular weight is 202 g/mol. The Morgan fingerprint density at radius 2 is 2.07 bits per heavy atom. The van der Waals surface area contributed by atoms with Crippen molar-refractivity contribution in [2.75, 3.05) is 5.73 Å². The van der Waals surface area contributed by atoms with E-state index in [9.17, 15) is 0 Å². The zero-order valence-electron chi connectivity index (χ0n) is 8.88. The number of nitrogens with zero attached hydrogens (tertiary/aromatic N) is 3. The van der Waals surface area contributed by atoms with Crippen LogP contribution in [0.5, 0.6) is 0 Å². The Balaban J connectivity index is 2.33. The number of hydrogen-bond donors (Lipinski definition) is 1. The van der Waals surface area contributed by atoms with Crippen molar-refractivity contribution >= 4 is 5.69 Å². The van der Waals surface area contributed by atoms with E-state index in [1.54, 1.807) is 12.5 Å². The second-order valence-corrected chi connectivity index (χ2v) is 3.81. The highest BCUT2D eigenvalue weighted by atomic mass is 15.1. The first kappa shape index (κ1) is 9.71. The van der Waals surface area contributed by atoms with E-state index >= 15 is 0 Å². The van der Waals surface area contributed by atoms with Gasteiger partial charge in [0.2, 0.25) is 0 Å². The molecule has 4 nitrogen and oxygen atoms in total. The molecule has 0 aromatic carbocycles. The minimum Gasteiger partial charge on any atom is -0.397 e. The van der Waals surface area contributed by atoms with Crippen LogP contribution in [0.3, 0.4) is 0 Å². The highest BCUT2D eigenvalue weighted by Gasteiger charge is 2.04. The number of nitrogens with two attached hydrogens (primary N) is 1. The van der Waals surface area contributed by atoms with Gasteiger partial charge in [-0.1, -0.05) is 13.8 Å². The first-order valence-electron chi connectivity index (χ1n) is 4.92. The van der Waals surface area contributed by atoms with E-state index in [4.69, 9.17) is 5.73 Å². The summed E-state index contributed by atoms with van der Waals surface area (Å²) in [6.45, 7) is 4.23. The van der Waals surface area contributed by atoms with Crippen LogP contribution in [-0.2, 0) is 0 Å². The SMILES string of the molecule is CC(C)c1cn(-c2ccc(N)cn2)cn1. The van der Waals surface area contributed by atoms with E-state index in [-0.39, 0.29) is 0 Å². The molecular weight excluding hydrogens is 188 g/mol. The second-order valence-electron chi connectivity index (χ2n) is 3.81. The molecule has 2 aromatic rings. The van der Waals surface area contributed by atoms with E-state index in [0.717, 1.165) is 11.5 Å². The molecule has 2 heterocycles. The van der Waals surface area contributed by atoms with Gasteiger partial charge in [-0.3, -0.25) is 4.57 Å². The third-order valence-electron chi connectivity index (χ3n) is 2.23. The predicted molar refractivity (Wildman–Crippen MR) is 59.9 cm³/mol. The lowest BCUT2D eigenvalue weighted by Crippen LogP contribution is -1.95. The molecule has 0 atom stereocenters. The van der Waals surface area contributed by atoms with Crippen molar-refractivity contribution in [2.45, 2.75) is 19.8 Å². The molecule has 0 spiro atoms. The Morgan fingerprint density at radius 1 is 1.27 bits per heavy atom. The smallest absolute Gasteiger partial charge is 0.137 e. The topological polar surface area (TPSA) is 56.7 Å². The van der Waals surface area contributed by atoms with Crippen LogP contribution >= 0.6 is 0 Å². The van der Waals surface area contributed by atoms with Crippen molar-refractivity contribution in [3.63, 3.8) is 0 Å². The fourth-order valence-corrected chi connectivity index (χ4v) is 1.31. The molecular formula is C11H14N4. The van der Waals surface area contributed by atoms with Crippen molar-refractivity contribution in [1.82, 2.24) is 14.5 Å². The summed E-state index contributed by atoms with van der Waals surface area (Å²) in [6, 6.07) is 3.71. The van der Waals surface area contributed by atoms with Gasteiger partial charge in [0.1, 0.15) is 12.1 Å². The summed E-state index contributed by atoms with van der Waals surface area (Å²) < 4.78 is 1.90. The lowest BCUT2D eigenvalue weighted by atomic mass is 10.2. The Bertz CT molecular complexity index is 442. The van der Waals surface area contributed by atoms with Crippen molar-refractivity contribution in [3.8, 4) is 5.82 Å². The van der Waals surface area contributed by atoms with Gasteiger partial charge in [0.25, 0.3) is 0 Å². The van der Waals surface area contributed by atoms with Crippen LogP contribution < -0.4 is 5.73 Å². The minimum absolute atomic E-state index is 0.431. The molecule has 0 aliphatic carbocycles. The molecule has 2 rings (SSSR count). The summed E-state index contributed by atoms with van der Waals surface area (Å²) in [6.07, 6.45) is 5.40. The van der Waals surface area contributed by atoms with E-state index in [1.807, 2.05) is 22.9 Å². The number of rotatable bonds is 2. The first-order valence-corrected chi connectivity index (χ1v) is 4.92. The number of aromatic nitrogens is 3. The fourth-order valence-electron chi connectivity index (χ4n) is 1.31. The summed E-state index contributed by atoms with van der Waals surface area (Å²) >= 11 is 0. The molecule has 0 amide bonds. The zero-order chi connectivity index (χ0) is 10.8. The van der Waals surface area contributed by atoms with Gasteiger partial charge in [0.15, 0.2) is 0 Å². The largest absolute Gasteiger partial charge is 0.397 e. The van der Waals surface area contributed by atoms with E-state index in [0.29, 0.717) is 11.6 Å². The molecule has 0 fully saturated rings. The summed E-state index contributed by atoms with van der Waals surface area (Å²) in [4.78, 5) is 8.53. The Labute approximate surface area is 88.8 Å². The van der Waals surface area contributed by atoms with Crippen molar-refractivity contribution in [2.24, 2.45) is 0 Å². The maximum Gasteiger partial charge on any atom is 0.137 e. The molecule has 0 saturated carbocycles. The highest BCUT2D eigenvalue weighted by molar-refractivity contribution is 5.38. The molecule has 15 heavy (non-hydrogen) atoms. The normalized spacial score (nSPS) is 10.9. The number of pyridine rings is 1. The molecule has 0 aliphatic heterocycles. The third-order valence-corrected chi connectivity index (χ3v) is 2.23. The van der Waals surface area contributed by atoms with Crippen LogP contribution in [0.4, 0.5) is 5.69 Å². The van der Waals surface area contributed by atoms with Gasteiger partial charge in [0.05, 0.1) is 17.6 Å². The van der Waals surface area contributed by atoms with Gasteiger partial charge >= 0.3 is 0 Å². The molecule has 0 unspecified atom stereocenters. The molecule has 2 aromatic heterocycles. The Kier molecular flexibility index (Phi) is 2.41. The maximum atomic E-state index is 5.57. The van der Waals surface area contributed by atoms with Crippen LogP contribution in [0, 0.1) is 0 Å². The maximum absolute atomic E-state index is 5.57. The minimum atomic E-state index is 0.431. The quantitative estimate of drug-likeness (QED) is 0.810. The van der Waals surface area contributed by atoms with E-state index in [2.05, 4.69) is 23.8 Å². The van der Waals surface area contributed by atoms with Gasteiger partial charge in [-0.05, 0) is 18.1 Å². The molecule has 0 radical (unpaired) electrons. The van der Waals surface area contributed by atoms with Crippen LogP contribution in [-0.4, -0.2) is 14.5 Å². The number of imidazole rings is 1. The lowest BCUT2D eigenvalue weighted by Gasteiger charge is -2.01. The fraction of sp³-hybridized carbons (Fsp3) is 0.273. The molecule has 0 aliphatic rings. The zero-order valence-corrected chi connectivity index (χ0v) is 8.88. The number of nitrogen functional groups attached to an aromatic ring is 1. The highest BCUT2D eigenvalue weighted by Crippen LogP contribution is 2.13. The summed E-state index contributed by atoms with van der Waals surface area (Å²) in [7, 11) is 0. The molecule has 0 bridgehead atoms. The molecule has 2 N–H and O–H groups in total. The van der Waals surface area contributed by atoms with Crippen molar-refractivity contribution in [1.29, 1.82) is 0 Å². The molecule has 78 valence electrons. The van der Waals surface area contributed by atoms with Gasteiger partial charge in [-0.15, -0.1) is 0 Å². The Hall–Kier alpha value is -1.84. The van der Waals surface area contributed by atoms with E-state index in [1.165, 1.54) is 0 Å². The number of hydrogen-bond acceptors (Lipinski definition) is 3. The van der Waals surface area contributed by atoms with Crippen molar-refractivity contribution in [3.05, 3.63) is 36.5 Å². The van der Waals surface area contributed by atoms with E-state index < -0.39 is 0 Å².